The number of amides is 1. The van der Waals surface area contributed by atoms with E-state index in [0.29, 0.717) is 25.3 Å². The molecule has 1 aromatic carbocycles. The molecule has 1 fully saturated rings. The summed E-state index contributed by atoms with van der Waals surface area (Å²) in [6.07, 6.45) is 10.1. The Morgan fingerprint density at radius 1 is 1.09 bits per heavy atom. The summed E-state index contributed by atoms with van der Waals surface area (Å²) in [6, 6.07) is 11.7. The molecule has 7 nitrogen and oxygen atoms in total. The van der Waals surface area contributed by atoms with E-state index in [-0.39, 0.29) is 5.91 Å². The number of pyridine rings is 2. The zero-order valence-corrected chi connectivity index (χ0v) is 19.4. The summed E-state index contributed by atoms with van der Waals surface area (Å²) in [5.41, 5.74) is 4.86. The van der Waals surface area contributed by atoms with Gasteiger partial charge in [-0.15, -0.1) is 0 Å². The van der Waals surface area contributed by atoms with Crippen molar-refractivity contribution in [2.24, 2.45) is 0 Å². The van der Waals surface area contributed by atoms with Gasteiger partial charge in [-0.1, -0.05) is 18.6 Å². The number of aromatic nitrogens is 2. The van der Waals surface area contributed by atoms with E-state index in [4.69, 9.17) is 4.74 Å². The number of hydrogen-bond acceptors (Lipinski definition) is 6. The molecule has 7 heteroatoms. The van der Waals surface area contributed by atoms with E-state index in [2.05, 4.69) is 25.5 Å². The summed E-state index contributed by atoms with van der Waals surface area (Å²) in [6.45, 7) is 5.12. The van der Waals surface area contributed by atoms with Crippen LogP contribution in [0.3, 0.4) is 0 Å². The summed E-state index contributed by atoms with van der Waals surface area (Å²) in [5.74, 6) is 1.71. The van der Waals surface area contributed by atoms with Crippen molar-refractivity contribution in [3.8, 4) is 16.9 Å². The van der Waals surface area contributed by atoms with Crippen LogP contribution in [0.5, 0.6) is 5.75 Å². The first-order valence-corrected chi connectivity index (χ1v) is 12.2. The monoisotopic (exact) mass is 457 g/mol. The summed E-state index contributed by atoms with van der Waals surface area (Å²) in [5, 5.41) is 6.52. The molecule has 0 atom stereocenters. The Labute approximate surface area is 200 Å². The average Bonchev–Trinajstić information content (AvgIpc) is 3.39. The number of ether oxygens (including phenoxy) is 1. The van der Waals surface area contributed by atoms with Gasteiger partial charge in [0.2, 0.25) is 0 Å². The fourth-order valence-corrected chi connectivity index (χ4v) is 4.70. The summed E-state index contributed by atoms with van der Waals surface area (Å²) in [7, 11) is 0. The second kappa shape index (κ2) is 10.7. The molecule has 34 heavy (non-hydrogen) atoms. The third kappa shape index (κ3) is 5.20. The maximum absolute atomic E-state index is 12.7. The van der Waals surface area contributed by atoms with Crippen LogP contribution in [-0.4, -0.2) is 53.6 Å². The molecule has 3 aromatic rings. The molecular weight excluding hydrogens is 426 g/mol. The van der Waals surface area contributed by atoms with Crippen molar-refractivity contribution in [3.05, 3.63) is 71.7 Å². The molecule has 0 aliphatic carbocycles. The molecule has 1 amide bonds. The van der Waals surface area contributed by atoms with Gasteiger partial charge in [0.25, 0.3) is 5.91 Å². The van der Waals surface area contributed by atoms with E-state index in [1.807, 2.05) is 42.6 Å². The summed E-state index contributed by atoms with van der Waals surface area (Å²) < 4.78 is 5.95. The second-order valence-corrected chi connectivity index (χ2v) is 8.87. The van der Waals surface area contributed by atoms with Gasteiger partial charge in [0.05, 0.1) is 6.61 Å². The smallest absolute Gasteiger partial charge is 0.251 e. The molecule has 2 aromatic heterocycles. The zero-order valence-electron chi connectivity index (χ0n) is 19.4. The van der Waals surface area contributed by atoms with Gasteiger partial charge in [0.1, 0.15) is 11.6 Å². The van der Waals surface area contributed by atoms with Gasteiger partial charge in [0, 0.05) is 61.3 Å². The third-order valence-corrected chi connectivity index (χ3v) is 6.53. The number of hydrogen-bond donors (Lipinski definition) is 2. The van der Waals surface area contributed by atoms with Gasteiger partial charge in [0.15, 0.2) is 0 Å². The van der Waals surface area contributed by atoms with Gasteiger partial charge in [-0.05, 0) is 61.3 Å². The molecule has 0 saturated carbocycles. The van der Waals surface area contributed by atoms with E-state index >= 15 is 0 Å². The molecule has 5 rings (SSSR count). The lowest BCUT2D eigenvalue weighted by atomic mass is 10.0. The quantitative estimate of drug-likeness (QED) is 0.534. The minimum Gasteiger partial charge on any atom is -0.492 e. The Morgan fingerprint density at radius 3 is 2.79 bits per heavy atom. The number of benzene rings is 1. The van der Waals surface area contributed by atoms with Crippen LogP contribution in [0.1, 0.15) is 40.7 Å². The lowest BCUT2D eigenvalue weighted by molar-refractivity contribution is 0.0946. The lowest BCUT2D eigenvalue weighted by Crippen LogP contribution is -2.37. The van der Waals surface area contributed by atoms with Crippen LogP contribution in [0.25, 0.3) is 11.1 Å². The second-order valence-electron chi connectivity index (χ2n) is 8.87. The minimum absolute atomic E-state index is 0.0204. The van der Waals surface area contributed by atoms with E-state index < -0.39 is 0 Å². The van der Waals surface area contributed by atoms with Crippen LogP contribution >= 0.6 is 0 Å². The highest BCUT2D eigenvalue weighted by molar-refractivity contribution is 5.94. The standard InChI is InChI=1S/C27H31N5O2/c33-27(29-12-15-32-13-2-1-3-14-32)22-6-4-5-20(17-22)18-30-26-23-9-16-34-25(23)24(19-31-26)21-7-10-28-11-8-21/h4-8,10-11,17,19H,1-3,9,12-16,18H2,(H,29,33)(H,30,31). The first-order chi connectivity index (χ1) is 16.8. The first kappa shape index (κ1) is 22.3. The van der Waals surface area contributed by atoms with Crippen molar-refractivity contribution < 1.29 is 9.53 Å². The molecule has 0 bridgehead atoms. The topological polar surface area (TPSA) is 79.4 Å². The molecule has 2 aliphatic rings. The molecule has 0 spiro atoms. The largest absolute Gasteiger partial charge is 0.492 e. The van der Waals surface area contributed by atoms with Crippen molar-refractivity contribution in [2.45, 2.75) is 32.2 Å². The van der Waals surface area contributed by atoms with Gasteiger partial charge in [-0.25, -0.2) is 4.98 Å². The fourth-order valence-electron chi connectivity index (χ4n) is 4.70. The molecule has 0 unspecified atom stereocenters. The number of anilines is 1. The Kier molecular flexibility index (Phi) is 7.00. The number of likely N-dealkylation sites (tertiary alicyclic amines) is 1. The lowest BCUT2D eigenvalue weighted by Gasteiger charge is -2.26. The minimum atomic E-state index is -0.0204. The van der Waals surface area contributed by atoms with Crippen molar-refractivity contribution in [1.29, 1.82) is 0 Å². The first-order valence-electron chi connectivity index (χ1n) is 12.2. The van der Waals surface area contributed by atoms with E-state index in [0.717, 1.165) is 59.9 Å². The van der Waals surface area contributed by atoms with E-state index in [1.54, 1.807) is 12.4 Å². The Hall–Kier alpha value is -3.45. The molecule has 176 valence electrons. The predicted octanol–water partition coefficient (Wildman–Crippen LogP) is 3.91. The third-order valence-electron chi connectivity index (χ3n) is 6.53. The van der Waals surface area contributed by atoms with Crippen LogP contribution < -0.4 is 15.4 Å². The molecular formula is C27H31N5O2. The van der Waals surface area contributed by atoms with Crippen LogP contribution in [-0.2, 0) is 13.0 Å². The summed E-state index contributed by atoms with van der Waals surface area (Å²) >= 11 is 0. The number of piperidine rings is 1. The number of fused-ring (bicyclic) bond motifs is 1. The van der Waals surface area contributed by atoms with Crippen LogP contribution in [0.2, 0.25) is 0 Å². The van der Waals surface area contributed by atoms with Crippen molar-refractivity contribution in [2.75, 3.05) is 38.1 Å². The van der Waals surface area contributed by atoms with Gasteiger partial charge in [-0.2, -0.15) is 0 Å². The Morgan fingerprint density at radius 2 is 1.94 bits per heavy atom. The molecule has 4 heterocycles. The van der Waals surface area contributed by atoms with Gasteiger partial charge in [-0.3, -0.25) is 9.78 Å². The highest BCUT2D eigenvalue weighted by atomic mass is 16.5. The summed E-state index contributed by atoms with van der Waals surface area (Å²) in [4.78, 5) is 23.9. The maximum atomic E-state index is 12.7. The number of nitrogens with one attached hydrogen (secondary N) is 2. The van der Waals surface area contributed by atoms with Crippen molar-refractivity contribution >= 4 is 11.7 Å². The molecule has 2 aliphatic heterocycles. The Balaban J connectivity index is 1.21. The normalized spacial score (nSPS) is 15.4. The average molecular weight is 458 g/mol. The number of carbonyl (C=O) groups is 1. The number of rotatable bonds is 8. The SMILES string of the molecule is O=C(NCCN1CCCCC1)c1cccc(CNc2ncc(-c3ccncc3)c3c2CCO3)c1. The molecule has 2 N–H and O–H groups in total. The number of nitrogens with zero attached hydrogens (tertiary/aromatic N) is 3. The highest BCUT2D eigenvalue weighted by Gasteiger charge is 2.22. The van der Waals surface area contributed by atoms with Crippen LogP contribution in [0, 0.1) is 0 Å². The number of carbonyl (C=O) groups excluding carboxylic acids is 1. The highest BCUT2D eigenvalue weighted by Crippen LogP contribution is 2.39. The van der Waals surface area contributed by atoms with E-state index in [1.165, 1.54) is 19.3 Å². The van der Waals surface area contributed by atoms with Crippen LogP contribution in [0.15, 0.2) is 55.0 Å². The molecule has 0 radical (unpaired) electrons. The van der Waals surface area contributed by atoms with Gasteiger partial charge >= 0.3 is 0 Å². The van der Waals surface area contributed by atoms with E-state index in [9.17, 15) is 4.79 Å². The molecule has 1 saturated heterocycles. The van der Waals surface area contributed by atoms with Crippen molar-refractivity contribution in [1.82, 2.24) is 20.2 Å². The Bertz CT molecular complexity index is 1130. The van der Waals surface area contributed by atoms with Crippen molar-refractivity contribution in [3.63, 3.8) is 0 Å². The predicted molar refractivity (Wildman–Crippen MR) is 133 cm³/mol. The zero-order chi connectivity index (χ0) is 23.2. The fraction of sp³-hybridized carbons (Fsp3) is 0.370. The van der Waals surface area contributed by atoms with Gasteiger partial charge < -0.3 is 20.3 Å². The maximum Gasteiger partial charge on any atom is 0.251 e. The van der Waals surface area contributed by atoms with Crippen LogP contribution in [0.4, 0.5) is 5.82 Å².